The molecule has 0 spiro atoms. The first-order chi connectivity index (χ1) is 10.7. The minimum Gasteiger partial charge on any atom is -0.373 e. The smallest absolute Gasteiger partial charge is 0.167 e. The van der Waals surface area contributed by atoms with Crippen molar-refractivity contribution in [1.82, 2.24) is 14.6 Å². The zero-order valence-electron chi connectivity index (χ0n) is 12.7. The van der Waals surface area contributed by atoms with Crippen LogP contribution in [0.15, 0.2) is 24.0 Å². The highest BCUT2D eigenvalue weighted by Gasteiger charge is 2.29. The highest BCUT2D eigenvalue weighted by Crippen LogP contribution is 2.35. The second kappa shape index (κ2) is 6.11. The Kier molecular flexibility index (Phi) is 4.19. The molecule has 0 N–H and O–H groups in total. The van der Waals surface area contributed by atoms with E-state index in [1.807, 2.05) is 10.5 Å². The van der Waals surface area contributed by atoms with Crippen molar-refractivity contribution in [1.29, 1.82) is 5.26 Å². The largest absolute Gasteiger partial charge is 0.373 e. The first kappa shape index (κ1) is 15.1. The van der Waals surface area contributed by atoms with Crippen LogP contribution in [0, 0.1) is 17.2 Å². The summed E-state index contributed by atoms with van der Waals surface area (Å²) in [4.78, 5) is 0. The van der Waals surface area contributed by atoms with Crippen LogP contribution in [0.4, 0.5) is 0 Å². The summed E-state index contributed by atoms with van der Waals surface area (Å²) in [7, 11) is 0. The van der Waals surface area contributed by atoms with Gasteiger partial charge in [-0.2, -0.15) is 5.26 Å². The van der Waals surface area contributed by atoms with Crippen LogP contribution in [0.1, 0.15) is 30.5 Å². The molecule has 3 heterocycles. The molecule has 1 aliphatic rings. The summed E-state index contributed by atoms with van der Waals surface area (Å²) in [5, 5.41) is 18.9. The summed E-state index contributed by atoms with van der Waals surface area (Å²) in [5.74, 6) is 1.16. The normalized spacial score (nSPS) is 17.5. The number of rotatable bonds is 4. The first-order valence-electron chi connectivity index (χ1n) is 7.30. The Labute approximate surface area is 134 Å². The van der Waals surface area contributed by atoms with E-state index in [2.05, 4.69) is 36.7 Å². The van der Waals surface area contributed by atoms with E-state index < -0.39 is 0 Å². The number of fused-ring (bicyclic) bond motifs is 3. The third kappa shape index (κ3) is 2.40. The van der Waals surface area contributed by atoms with Crippen LogP contribution in [-0.4, -0.2) is 26.5 Å². The van der Waals surface area contributed by atoms with Gasteiger partial charge in [0, 0.05) is 17.7 Å². The molecule has 2 aromatic rings. The zero-order chi connectivity index (χ0) is 15.7. The Morgan fingerprint density at radius 2 is 2.41 bits per heavy atom. The van der Waals surface area contributed by atoms with Crippen molar-refractivity contribution >= 4 is 17.4 Å². The van der Waals surface area contributed by atoms with Crippen molar-refractivity contribution in [2.75, 3.05) is 5.75 Å². The number of nitriles is 1. The molecule has 0 saturated carbocycles. The van der Waals surface area contributed by atoms with E-state index in [-0.39, 0.29) is 6.10 Å². The van der Waals surface area contributed by atoms with E-state index in [0.29, 0.717) is 12.5 Å². The van der Waals surface area contributed by atoms with E-state index in [0.717, 1.165) is 39.5 Å². The summed E-state index contributed by atoms with van der Waals surface area (Å²) >= 11 is 1.59. The Bertz CT molecular complexity index is 760. The topological polar surface area (TPSA) is 63.2 Å². The molecule has 2 aromatic heterocycles. The van der Waals surface area contributed by atoms with Crippen molar-refractivity contribution in [3.8, 4) is 6.07 Å². The fraction of sp³-hybridized carbons (Fsp3) is 0.438. The van der Waals surface area contributed by atoms with Crippen LogP contribution in [0.25, 0.3) is 5.65 Å². The maximum Gasteiger partial charge on any atom is 0.167 e. The van der Waals surface area contributed by atoms with Crippen molar-refractivity contribution in [2.45, 2.75) is 38.0 Å². The Morgan fingerprint density at radius 3 is 3.09 bits per heavy atom. The minimum atomic E-state index is 0.141. The Hall–Kier alpha value is -1.84. The lowest BCUT2D eigenvalue weighted by Gasteiger charge is -2.29. The van der Waals surface area contributed by atoms with Crippen LogP contribution >= 0.6 is 11.8 Å². The molecule has 5 nitrogen and oxygen atoms in total. The van der Waals surface area contributed by atoms with Gasteiger partial charge in [-0.15, -0.1) is 28.5 Å². The summed E-state index contributed by atoms with van der Waals surface area (Å²) in [6.45, 7) is 8.53. The predicted molar refractivity (Wildman–Crippen MR) is 85.7 cm³/mol. The van der Waals surface area contributed by atoms with E-state index in [1.54, 1.807) is 18.1 Å². The molecular formula is C16H18N4OS. The van der Waals surface area contributed by atoms with Crippen molar-refractivity contribution < 1.29 is 4.74 Å². The number of nitrogens with zero attached hydrogens (tertiary/aromatic N) is 4. The Morgan fingerprint density at radius 1 is 1.59 bits per heavy atom. The quantitative estimate of drug-likeness (QED) is 0.641. The number of hydrogen-bond donors (Lipinski definition) is 0. The van der Waals surface area contributed by atoms with E-state index >= 15 is 0 Å². The van der Waals surface area contributed by atoms with Crippen LogP contribution in [-0.2, 0) is 17.8 Å². The summed E-state index contributed by atoms with van der Waals surface area (Å²) in [6.07, 6.45) is 4.39. The third-order valence-corrected chi connectivity index (χ3v) is 5.03. The van der Waals surface area contributed by atoms with Crippen LogP contribution in [0.2, 0.25) is 0 Å². The average Bonchev–Trinajstić information content (AvgIpc) is 3.01. The van der Waals surface area contributed by atoms with Crippen molar-refractivity contribution in [3.63, 3.8) is 0 Å². The van der Waals surface area contributed by atoms with Gasteiger partial charge in [-0.3, -0.25) is 4.40 Å². The van der Waals surface area contributed by atoms with Crippen LogP contribution < -0.4 is 0 Å². The SMILES string of the molecule is C=CCSc1c(C#N)c2c(c3nncn13)COC(C(C)C)C2. The van der Waals surface area contributed by atoms with Gasteiger partial charge in [-0.25, -0.2) is 0 Å². The van der Waals surface area contributed by atoms with Crippen LogP contribution in [0.5, 0.6) is 0 Å². The van der Waals surface area contributed by atoms with Gasteiger partial charge < -0.3 is 4.74 Å². The van der Waals surface area contributed by atoms with Gasteiger partial charge in [0.15, 0.2) is 5.65 Å². The van der Waals surface area contributed by atoms with Gasteiger partial charge in [-0.1, -0.05) is 19.9 Å². The van der Waals surface area contributed by atoms with E-state index in [9.17, 15) is 5.26 Å². The highest BCUT2D eigenvalue weighted by atomic mass is 32.2. The van der Waals surface area contributed by atoms with E-state index in [1.165, 1.54) is 0 Å². The maximum absolute atomic E-state index is 9.71. The molecule has 6 heteroatoms. The fourth-order valence-electron chi connectivity index (χ4n) is 2.78. The lowest BCUT2D eigenvalue weighted by molar-refractivity contribution is -0.0000530. The molecule has 114 valence electrons. The second-order valence-electron chi connectivity index (χ2n) is 5.67. The number of thioether (sulfide) groups is 1. The summed E-state index contributed by atoms with van der Waals surface area (Å²) in [5.41, 5.74) is 3.58. The van der Waals surface area contributed by atoms with Crippen molar-refractivity contribution in [2.24, 2.45) is 5.92 Å². The molecular weight excluding hydrogens is 296 g/mol. The average molecular weight is 314 g/mol. The molecule has 0 aliphatic carbocycles. The standard InChI is InChI=1S/C16H18N4OS/c1-4-5-22-16-12(7-17)11-6-14(10(2)3)21-8-13(11)15-19-18-9-20(15)16/h4,9-10,14H,1,5-6,8H2,2-3H3. The van der Waals surface area contributed by atoms with Gasteiger partial charge in [0.05, 0.1) is 18.3 Å². The highest BCUT2D eigenvalue weighted by molar-refractivity contribution is 7.99. The summed E-state index contributed by atoms with van der Waals surface area (Å²) in [6, 6.07) is 2.39. The predicted octanol–water partition coefficient (Wildman–Crippen LogP) is 2.98. The third-order valence-electron chi connectivity index (χ3n) is 3.96. The van der Waals surface area contributed by atoms with Crippen molar-refractivity contribution in [3.05, 3.63) is 35.7 Å². The minimum absolute atomic E-state index is 0.141. The summed E-state index contributed by atoms with van der Waals surface area (Å²) < 4.78 is 7.84. The lowest BCUT2D eigenvalue weighted by Crippen LogP contribution is -2.29. The van der Waals surface area contributed by atoms with Gasteiger partial charge in [0.2, 0.25) is 0 Å². The molecule has 1 aliphatic heterocycles. The molecule has 22 heavy (non-hydrogen) atoms. The molecule has 3 rings (SSSR count). The van der Waals surface area contributed by atoms with Gasteiger partial charge >= 0.3 is 0 Å². The first-order valence-corrected chi connectivity index (χ1v) is 8.28. The Balaban J connectivity index is 2.21. The van der Waals surface area contributed by atoms with Gasteiger partial charge in [0.1, 0.15) is 17.4 Å². The zero-order valence-corrected chi connectivity index (χ0v) is 13.6. The second-order valence-corrected chi connectivity index (χ2v) is 6.68. The molecule has 0 saturated heterocycles. The van der Waals surface area contributed by atoms with Gasteiger partial charge in [-0.05, 0) is 11.5 Å². The lowest BCUT2D eigenvalue weighted by atomic mass is 9.91. The van der Waals surface area contributed by atoms with Crippen LogP contribution in [0.3, 0.4) is 0 Å². The molecule has 1 atom stereocenters. The van der Waals surface area contributed by atoms with Gasteiger partial charge in [0.25, 0.3) is 0 Å². The number of ether oxygens (including phenoxy) is 1. The molecule has 0 radical (unpaired) electrons. The monoisotopic (exact) mass is 314 g/mol. The molecule has 0 aromatic carbocycles. The molecule has 0 bridgehead atoms. The maximum atomic E-state index is 9.71. The molecule has 0 amide bonds. The van der Waals surface area contributed by atoms with E-state index in [4.69, 9.17) is 4.74 Å². The number of pyridine rings is 1. The molecule has 1 unspecified atom stereocenters. The number of hydrogen-bond acceptors (Lipinski definition) is 5. The fourth-order valence-corrected chi connectivity index (χ4v) is 3.64. The number of aromatic nitrogens is 3. The molecule has 0 fully saturated rings.